The maximum Gasteiger partial charge on any atom is 0.254 e. The van der Waals surface area contributed by atoms with Crippen LogP contribution in [-0.2, 0) is 14.8 Å². The average Bonchev–Trinajstić information content (AvgIpc) is 3.10. The smallest absolute Gasteiger partial charge is 0.254 e. The number of hydrogen-bond donors (Lipinski definition) is 1. The van der Waals surface area contributed by atoms with Crippen LogP contribution in [0.25, 0.3) is 0 Å². The van der Waals surface area contributed by atoms with Crippen molar-refractivity contribution in [3.8, 4) is 0 Å². The second kappa shape index (κ2) is 7.11. The van der Waals surface area contributed by atoms with Crippen molar-refractivity contribution in [2.45, 2.75) is 44.0 Å². The molecular weight excluding hydrogens is 328 g/mol. The van der Waals surface area contributed by atoms with E-state index in [1.54, 1.807) is 29.2 Å². The first-order valence-electron chi connectivity index (χ1n) is 8.48. The highest BCUT2D eigenvalue weighted by Gasteiger charge is 2.28. The monoisotopic (exact) mass is 352 g/mol. The third kappa shape index (κ3) is 3.89. The molecule has 1 aromatic rings. The van der Waals surface area contributed by atoms with Crippen LogP contribution in [-0.4, -0.2) is 50.3 Å². The second-order valence-electron chi connectivity index (χ2n) is 6.56. The van der Waals surface area contributed by atoms with Gasteiger partial charge in [0.15, 0.2) is 0 Å². The lowest BCUT2D eigenvalue weighted by Crippen LogP contribution is -2.44. The van der Waals surface area contributed by atoms with E-state index in [-0.39, 0.29) is 17.3 Å². The molecule has 0 bridgehead atoms. The van der Waals surface area contributed by atoms with Crippen molar-refractivity contribution in [2.75, 3.05) is 24.4 Å². The van der Waals surface area contributed by atoms with Crippen LogP contribution in [0.4, 0.5) is 5.69 Å². The Bertz CT molecular complexity index is 681. The van der Waals surface area contributed by atoms with E-state index in [4.69, 9.17) is 4.74 Å². The van der Waals surface area contributed by atoms with E-state index < -0.39 is 10.0 Å². The molecule has 0 radical (unpaired) electrons. The maximum absolute atomic E-state index is 12.5. The second-order valence-corrected chi connectivity index (χ2v) is 8.52. The molecular formula is C17H24N2O4S. The Hall–Kier alpha value is -1.60. The zero-order valence-corrected chi connectivity index (χ0v) is 14.7. The third-order valence-corrected chi connectivity index (χ3v) is 6.53. The fraction of sp³-hybridized carbons (Fsp3) is 0.588. The summed E-state index contributed by atoms with van der Waals surface area (Å²) in [5, 5.41) is -0.298. The van der Waals surface area contributed by atoms with Crippen LogP contribution in [0.2, 0.25) is 0 Å². The average molecular weight is 352 g/mol. The van der Waals surface area contributed by atoms with Crippen molar-refractivity contribution >= 4 is 21.6 Å². The molecule has 1 aliphatic carbocycles. The molecule has 2 aliphatic rings. The van der Waals surface area contributed by atoms with E-state index in [0.717, 1.165) is 25.7 Å². The summed E-state index contributed by atoms with van der Waals surface area (Å²) in [6.45, 7) is 3.65. The summed E-state index contributed by atoms with van der Waals surface area (Å²) < 4.78 is 32.7. The third-order valence-electron chi connectivity index (χ3n) is 4.66. The van der Waals surface area contributed by atoms with Gasteiger partial charge in [0.2, 0.25) is 10.0 Å². The summed E-state index contributed by atoms with van der Waals surface area (Å²) in [4.78, 5) is 14.3. The van der Waals surface area contributed by atoms with Gasteiger partial charge in [0.25, 0.3) is 5.91 Å². The van der Waals surface area contributed by atoms with Gasteiger partial charge < -0.3 is 9.64 Å². The first-order chi connectivity index (χ1) is 11.5. The molecule has 1 aromatic carbocycles. The molecule has 1 saturated carbocycles. The van der Waals surface area contributed by atoms with Gasteiger partial charge >= 0.3 is 0 Å². The predicted molar refractivity (Wildman–Crippen MR) is 92.6 cm³/mol. The minimum absolute atomic E-state index is 0.0418. The quantitative estimate of drug-likeness (QED) is 0.902. The van der Waals surface area contributed by atoms with Crippen LogP contribution in [0, 0.1) is 0 Å². The van der Waals surface area contributed by atoms with E-state index in [0.29, 0.717) is 30.9 Å². The molecule has 1 unspecified atom stereocenters. The summed E-state index contributed by atoms with van der Waals surface area (Å²) in [6.07, 6.45) is 3.43. The molecule has 1 amide bonds. The highest BCUT2D eigenvalue weighted by Crippen LogP contribution is 2.26. The largest absolute Gasteiger partial charge is 0.375 e. The van der Waals surface area contributed by atoms with Gasteiger partial charge in [-0.2, -0.15) is 0 Å². The lowest BCUT2D eigenvalue weighted by Gasteiger charge is -2.31. The summed E-state index contributed by atoms with van der Waals surface area (Å²) in [5.74, 6) is -0.0460. The number of anilines is 1. The Morgan fingerprint density at radius 2 is 1.88 bits per heavy atom. The van der Waals surface area contributed by atoms with Gasteiger partial charge in [0.05, 0.1) is 18.0 Å². The minimum atomic E-state index is -3.34. The normalized spacial score (nSPS) is 22.5. The van der Waals surface area contributed by atoms with Gasteiger partial charge in [-0.25, -0.2) is 8.42 Å². The molecule has 7 heteroatoms. The van der Waals surface area contributed by atoms with E-state index in [1.165, 1.54) is 0 Å². The van der Waals surface area contributed by atoms with E-state index in [9.17, 15) is 13.2 Å². The maximum atomic E-state index is 12.5. The van der Waals surface area contributed by atoms with Gasteiger partial charge in [0, 0.05) is 24.3 Å². The van der Waals surface area contributed by atoms with Crippen molar-refractivity contribution in [1.82, 2.24) is 4.90 Å². The summed E-state index contributed by atoms with van der Waals surface area (Å²) >= 11 is 0. The SMILES string of the molecule is CC1CN(C(=O)c2ccc(NS(=O)(=O)C3CCCC3)cc2)CCO1. The first kappa shape index (κ1) is 17.2. The van der Waals surface area contributed by atoms with Crippen LogP contribution in [0.5, 0.6) is 0 Å². The van der Waals surface area contributed by atoms with Crippen molar-refractivity contribution in [1.29, 1.82) is 0 Å². The zero-order chi connectivity index (χ0) is 17.2. The Balaban J connectivity index is 1.65. The summed E-state index contributed by atoms with van der Waals surface area (Å²) in [7, 11) is -3.34. The number of nitrogens with zero attached hydrogens (tertiary/aromatic N) is 1. The number of amides is 1. The van der Waals surface area contributed by atoms with Gasteiger partial charge in [-0.3, -0.25) is 9.52 Å². The van der Waals surface area contributed by atoms with Crippen molar-refractivity contribution < 1.29 is 17.9 Å². The number of hydrogen-bond acceptors (Lipinski definition) is 4. The number of benzene rings is 1. The molecule has 6 nitrogen and oxygen atoms in total. The number of morpholine rings is 1. The molecule has 1 N–H and O–H groups in total. The minimum Gasteiger partial charge on any atom is -0.375 e. The molecule has 24 heavy (non-hydrogen) atoms. The van der Waals surface area contributed by atoms with E-state index >= 15 is 0 Å². The van der Waals surface area contributed by atoms with Crippen LogP contribution in [0.15, 0.2) is 24.3 Å². The van der Waals surface area contributed by atoms with E-state index in [1.807, 2.05) is 6.92 Å². The molecule has 1 heterocycles. The Morgan fingerprint density at radius 1 is 1.21 bits per heavy atom. The number of ether oxygens (including phenoxy) is 1. The fourth-order valence-electron chi connectivity index (χ4n) is 3.31. The molecule has 2 fully saturated rings. The highest BCUT2D eigenvalue weighted by atomic mass is 32.2. The standard InChI is InChI=1S/C17H24N2O4S/c1-13-12-19(10-11-23-13)17(20)14-6-8-15(9-7-14)18-24(21,22)16-4-2-3-5-16/h6-9,13,16,18H,2-5,10-12H2,1H3. The lowest BCUT2D eigenvalue weighted by molar-refractivity contribution is -0.0124. The molecule has 3 rings (SSSR count). The number of nitrogens with one attached hydrogen (secondary N) is 1. The summed E-state index contributed by atoms with van der Waals surface area (Å²) in [5.41, 5.74) is 1.07. The van der Waals surface area contributed by atoms with E-state index in [2.05, 4.69) is 4.72 Å². The van der Waals surface area contributed by atoms with Crippen molar-refractivity contribution in [3.63, 3.8) is 0 Å². The fourth-order valence-corrected chi connectivity index (χ4v) is 4.90. The van der Waals surface area contributed by atoms with Crippen molar-refractivity contribution in [2.24, 2.45) is 0 Å². The van der Waals surface area contributed by atoms with Crippen LogP contribution in [0.1, 0.15) is 43.0 Å². The van der Waals surface area contributed by atoms with Crippen LogP contribution < -0.4 is 4.72 Å². The Labute approximate surface area is 143 Å². The predicted octanol–water partition coefficient (Wildman–Crippen LogP) is 2.23. The number of sulfonamides is 1. The Morgan fingerprint density at radius 3 is 2.50 bits per heavy atom. The molecule has 0 spiro atoms. The lowest BCUT2D eigenvalue weighted by atomic mass is 10.1. The molecule has 1 saturated heterocycles. The van der Waals surface area contributed by atoms with Crippen LogP contribution in [0.3, 0.4) is 0 Å². The van der Waals surface area contributed by atoms with Gasteiger partial charge in [-0.05, 0) is 44.0 Å². The topological polar surface area (TPSA) is 75.7 Å². The van der Waals surface area contributed by atoms with Gasteiger partial charge in [-0.15, -0.1) is 0 Å². The van der Waals surface area contributed by atoms with Gasteiger partial charge in [0.1, 0.15) is 0 Å². The molecule has 132 valence electrons. The molecule has 0 aromatic heterocycles. The first-order valence-corrected chi connectivity index (χ1v) is 10.0. The number of rotatable bonds is 4. The Kier molecular flexibility index (Phi) is 5.10. The van der Waals surface area contributed by atoms with Crippen LogP contribution >= 0.6 is 0 Å². The summed E-state index contributed by atoms with van der Waals surface area (Å²) in [6, 6.07) is 6.66. The highest BCUT2D eigenvalue weighted by molar-refractivity contribution is 7.93. The molecule has 1 aliphatic heterocycles. The van der Waals surface area contributed by atoms with Crippen molar-refractivity contribution in [3.05, 3.63) is 29.8 Å². The zero-order valence-electron chi connectivity index (χ0n) is 13.9. The number of carbonyl (C=O) groups excluding carboxylic acids is 1. The van der Waals surface area contributed by atoms with Gasteiger partial charge in [-0.1, -0.05) is 12.8 Å². The number of carbonyl (C=O) groups is 1. The molecule has 1 atom stereocenters.